The Labute approximate surface area is 62.3 Å². The molecule has 0 saturated carbocycles. The SMILES string of the molecule is C#C[Si](C#C)OC(=O)CC. The van der Waals surface area contributed by atoms with Crippen molar-refractivity contribution >= 4 is 15.0 Å². The molecule has 10 heavy (non-hydrogen) atoms. The lowest BCUT2D eigenvalue weighted by atomic mass is 10.5. The van der Waals surface area contributed by atoms with Gasteiger partial charge in [0.2, 0.25) is 0 Å². The van der Waals surface area contributed by atoms with Crippen molar-refractivity contribution in [2.24, 2.45) is 0 Å². The van der Waals surface area contributed by atoms with Crippen molar-refractivity contribution < 1.29 is 9.22 Å². The maximum atomic E-state index is 10.6. The van der Waals surface area contributed by atoms with Crippen molar-refractivity contribution in [2.75, 3.05) is 0 Å². The molecule has 0 fully saturated rings. The fourth-order valence-electron chi connectivity index (χ4n) is 0.287. The summed E-state index contributed by atoms with van der Waals surface area (Å²) in [6.45, 7) is 1.69. The van der Waals surface area contributed by atoms with Gasteiger partial charge in [-0.25, -0.2) is 0 Å². The zero-order valence-corrected chi connectivity index (χ0v) is 6.68. The molecular formula is C7H7O2Si. The highest BCUT2D eigenvalue weighted by atomic mass is 28.3. The summed E-state index contributed by atoms with van der Waals surface area (Å²) in [4.78, 5) is 10.6. The van der Waals surface area contributed by atoms with Crippen LogP contribution in [0.1, 0.15) is 13.3 Å². The van der Waals surface area contributed by atoms with Gasteiger partial charge in [0.05, 0.1) is 0 Å². The van der Waals surface area contributed by atoms with Gasteiger partial charge in [0.1, 0.15) is 0 Å². The van der Waals surface area contributed by atoms with Crippen molar-refractivity contribution in [3.05, 3.63) is 0 Å². The molecule has 0 aromatic carbocycles. The van der Waals surface area contributed by atoms with Crippen LogP contribution in [0.15, 0.2) is 0 Å². The van der Waals surface area contributed by atoms with Gasteiger partial charge in [-0.15, -0.1) is 12.8 Å². The average molecular weight is 151 g/mol. The highest BCUT2D eigenvalue weighted by Gasteiger charge is 2.10. The van der Waals surface area contributed by atoms with Gasteiger partial charge in [-0.3, -0.25) is 4.79 Å². The summed E-state index contributed by atoms with van der Waals surface area (Å²) < 4.78 is 4.69. The molecule has 0 aliphatic carbocycles. The van der Waals surface area contributed by atoms with Gasteiger partial charge in [0.15, 0.2) is 0 Å². The van der Waals surface area contributed by atoms with Gasteiger partial charge >= 0.3 is 9.04 Å². The fourth-order valence-corrected chi connectivity index (χ4v) is 0.860. The molecular weight excluding hydrogens is 144 g/mol. The van der Waals surface area contributed by atoms with Crippen LogP contribution < -0.4 is 0 Å². The molecule has 0 N–H and O–H groups in total. The summed E-state index contributed by atoms with van der Waals surface area (Å²) in [5, 5.41) is 0. The first-order valence-corrected chi connectivity index (χ1v) is 4.16. The summed E-state index contributed by atoms with van der Waals surface area (Å²) in [6, 6.07) is 0. The van der Waals surface area contributed by atoms with Gasteiger partial charge in [-0.1, -0.05) is 18.0 Å². The van der Waals surface area contributed by atoms with E-state index >= 15 is 0 Å². The number of carbonyl (C=O) groups excluding carboxylic acids is 1. The Bertz CT molecular complexity index is 183. The van der Waals surface area contributed by atoms with Crippen molar-refractivity contribution in [3.8, 4) is 23.9 Å². The van der Waals surface area contributed by atoms with E-state index in [0.29, 0.717) is 6.42 Å². The average Bonchev–Trinajstić information content (AvgIpc) is 1.99. The number of terminal acetylenes is 2. The molecule has 0 heterocycles. The molecule has 2 nitrogen and oxygen atoms in total. The van der Waals surface area contributed by atoms with Crippen LogP contribution in [-0.4, -0.2) is 15.0 Å². The highest BCUT2D eigenvalue weighted by molar-refractivity contribution is 6.70. The van der Waals surface area contributed by atoms with Gasteiger partial charge in [-0.2, -0.15) is 0 Å². The second-order valence-corrected chi connectivity index (χ2v) is 2.89. The molecule has 0 bridgehead atoms. The van der Waals surface area contributed by atoms with Crippen molar-refractivity contribution in [3.63, 3.8) is 0 Å². The van der Waals surface area contributed by atoms with Crippen LogP contribution in [0.3, 0.4) is 0 Å². The predicted octanol–water partition coefficient (Wildman–Crippen LogP) is 0.276. The third-order valence-electron chi connectivity index (χ3n) is 0.767. The minimum Gasteiger partial charge on any atom is -0.494 e. The van der Waals surface area contributed by atoms with E-state index in [2.05, 4.69) is 15.5 Å². The Hall–Kier alpha value is -1.19. The first-order chi connectivity index (χ1) is 4.74. The third kappa shape index (κ3) is 2.96. The summed E-state index contributed by atoms with van der Waals surface area (Å²) >= 11 is 0. The summed E-state index contributed by atoms with van der Waals surface area (Å²) in [7, 11) is -1.73. The van der Waals surface area contributed by atoms with Crippen LogP contribution in [0.5, 0.6) is 0 Å². The van der Waals surface area contributed by atoms with Gasteiger partial charge in [0.25, 0.3) is 5.97 Å². The van der Waals surface area contributed by atoms with Crippen molar-refractivity contribution in [1.29, 1.82) is 0 Å². The minimum atomic E-state index is -1.73. The Morgan fingerprint density at radius 3 is 2.40 bits per heavy atom. The first kappa shape index (κ1) is 8.81. The van der Waals surface area contributed by atoms with E-state index in [1.54, 1.807) is 6.92 Å². The minimum absolute atomic E-state index is 0.317. The van der Waals surface area contributed by atoms with Crippen LogP contribution >= 0.6 is 0 Å². The predicted molar refractivity (Wildman–Crippen MR) is 39.8 cm³/mol. The molecule has 0 saturated heterocycles. The van der Waals surface area contributed by atoms with E-state index in [0.717, 1.165) is 0 Å². The largest absolute Gasteiger partial charge is 0.494 e. The lowest BCUT2D eigenvalue weighted by Crippen LogP contribution is -2.18. The van der Waals surface area contributed by atoms with Gasteiger partial charge in [-0.05, 0) is 0 Å². The third-order valence-corrected chi connectivity index (χ3v) is 1.72. The van der Waals surface area contributed by atoms with Crippen LogP contribution in [-0.2, 0) is 9.22 Å². The molecule has 0 rings (SSSR count). The molecule has 0 amide bonds. The monoisotopic (exact) mass is 151 g/mol. The Morgan fingerprint density at radius 2 is 2.10 bits per heavy atom. The summed E-state index contributed by atoms with van der Waals surface area (Å²) in [5.74, 6) is -0.329. The number of carbonyl (C=O) groups is 1. The summed E-state index contributed by atoms with van der Waals surface area (Å²) in [5.41, 5.74) is 4.48. The van der Waals surface area contributed by atoms with E-state index in [9.17, 15) is 4.79 Å². The topological polar surface area (TPSA) is 26.3 Å². The molecule has 51 valence electrons. The fraction of sp³-hybridized carbons (Fsp3) is 0.286. The Kier molecular flexibility index (Phi) is 4.11. The molecule has 1 radical (unpaired) electrons. The maximum absolute atomic E-state index is 10.6. The summed E-state index contributed by atoms with van der Waals surface area (Å²) in [6.07, 6.45) is 10.2. The molecule has 3 heteroatoms. The zero-order valence-electron chi connectivity index (χ0n) is 5.68. The zero-order chi connectivity index (χ0) is 7.98. The van der Waals surface area contributed by atoms with E-state index in [1.807, 2.05) is 0 Å². The lowest BCUT2D eigenvalue weighted by molar-refractivity contribution is -0.134. The number of hydrogen-bond donors (Lipinski definition) is 0. The quantitative estimate of drug-likeness (QED) is 0.418. The van der Waals surface area contributed by atoms with E-state index in [4.69, 9.17) is 12.8 Å². The molecule has 0 aliphatic rings. The normalized spacial score (nSPS) is 8.00. The number of hydrogen-bond acceptors (Lipinski definition) is 2. The van der Waals surface area contributed by atoms with Gasteiger partial charge < -0.3 is 4.43 Å². The van der Waals surface area contributed by atoms with Crippen LogP contribution in [0, 0.1) is 23.9 Å². The van der Waals surface area contributed by atoms with Crippen LogP contribution in [0.25, 0.3) is 0 Å². The molecule has 0 aromatic rings. The van der Waals surface area contributed by atoms with E-state index in [1.165, 1.54) is 0 Å². The Balaban J connectivity index is 3.81. The molecule has 0 unspecified atom stereocenters. The molecule has 0 aliphatic heterocycles. The standard InChI is InChI=1S/C7H7O2Si/c1-4-7(8)9-10(5-2)6-3/h2-3H,4H2,1H3. The van der Waals surface area contributed by atoms with Crippen LogP contribution in [0.2, 0.25) is 0 Å². The van der Waals surface area contributed by atoms with E-state index < -0.39 is 9.04 Å². The van der Waals surface area contributed by atoms with Crippen molar-refractivity contribution in [2.45, 2.75) is 13.3 Å². The molecule has 0 atom stereocenters. The number of rotatable bonds is 2. The molecule has 0 aromatic heterocycles. The highest BCUT2D eigenvalue weighted by Crippen LogP contribution is 1.87. The van der Waals surface area contributed by atoms with E-state index in [-0.39, 0.29) is 5.97 Å². The Morgan fingerprint density at radius 1 is 1.60 bits per heavy atom. The van der Waals surface area contributed by atoms with Crippen LogP contribution in [0.4, 0.5) is 0 Å². The maximum Gasteiger partial charge on any atom is 0.468 e. The van der Waals surface area contributed by atoms with Crippen molar-refractivity contribution in [1.82, 2.24) is 0 Å². The smallest absolute Gasteiger partial charge is 0.468 e. The second-order valence-electron chi connectivity index (χ2n) is 1.45. The lowest BCUT2D eigenvalue weighted by Gasteiger charge is -2.00. The first-order valence-electron chi connectivity index (χ1n) is 2.75. The second kappa shape index (κ2) is 4.66. The molecule has 0 spiro atoms. The van der Waals surface area contributed by atoms with Gasteiger partial charge in [0, 0.05) is 6.42 Å².